The van der Waals surface area contributed by atoms with Crippen molar-refractivity contribution in [1.82, 2.24) is 5.32 Å². The number of halogens is 1. The number of nitrogens with zero attached hydrogens (tertiary/aromatic N) is 2. The van der Waals surface area contributed by atoms with Crippen LogP contribution < -0.4 is 19.7 Å². The second kappa shape index (κ2) is 12.3. The van der Waals surface area contributed by atoms with Crippen LogP contribution in [0.2, 0.25) is 0 Å². The lowest BCUT2D eigenvalue weighted by Gasteiger charge is -2.41. The Balaban J connectivity index is 1.42. The molecule has 3 aromatic carbocycles. The summed E-state index contributed by atoms with van der Waals surface area (Å²) < 4.78 is 26.4. The number of carbonyl (C=O) groups excluding carboxylic acids is 1. The summed E-state index contributed by atoms with van der Waals surface area (Å²) in [5.74, 6) is 0.566. The molecule has 0 amide bonds. The lowest BCUT2D eigenvalue weighted by molar-refractivity contribution is -0.0164. The van der Waals surface area contributed by atoms with Gasteiger partial charge in [-0.25, -0.2) is 4.39 Å². The minimum absolute atomic E-state index is 0.000275. The van der Waals surface area contributed by atoms with Gasteiger partial charge in [0.2, 0.25) is 0 Å². The van der Waals surface area contributed by atoms with E-state index in [0.717, 1.165) is 43.5 Å². The van der Waals surface area contributed by atoms with Gasteiger partial charge in [-0.15, -0.1) is 0 Å². The topological polar surface area (TPSA) is 94.8 Å². The van der Waals surface area contributed by atoms with Gasteiger partial charge in [-0.2, -0.15) is 5.26 Å². The summed E-state index contributed by atoms with van der Waals surface area (Å²) >= 11 is 0. The van der Waals surface area contributed by atoms with E-state index in [-0.39, 0.29) is 12.5 Å². The Labute approximate surface area is 228 Å². The predicted octanol–water partition coefficient (Wildman–Crippen LogP) is 4.94. The Hall–Kier alpha value is -3.93. The molecule has 0 aliphatic carbocycles. The largest absolute Gasteiger partial charge is 0.495 e. The number of hydrogen-bond acceptors (Lipinski definition) is 7. The van der Waals surface area contributed by atoms with Crippen LogP contribution in [0.3, 0.4) is 0 Å². The highest BCUT2D eigenvalue weighted by Gasteiger charge is 2.36. The van der Waals surface area contributed by atoms with Crippen LogP contribution in [0.1, 0.15) is 52.4 Å². The number of nitrogens with one attached hydrogen (secondary N) is 1. The van der Waals surface area contributed by atoms with Crippen LogP contribution in [0, 0.1) is 23.1 Å². The second-order valence-corrected chi connectivity index (χ2v) is 9.97. The minimum atomic E-state index is -1.20. The van der Waals surface area contributed by atoms with Crippen molar-refractivity contribution < 1.29 is 23.8 Å². The Morgan fingerprint density at radius 2 is 1.95 bits per heavy atom. The van der Waals surface area contributed by atoms with Gasteiger partial charge in [0, 0.05) is 48.1 Å². The molecular weight excluding hydrogens is 497 g/mol. The highest BCUT2D eigenvalue weighted by atomic mass is 19.1. The fourth-order valence-corrected chi connectivity index (χ4v) is 5.23. The maximum Gasteiger partial charge on any atom is 0.150 e. The third-order valence-electron chi connectivity index (χ3n) is 7.63. The van der Waals surface area contributed by atoms with Gasteiger partial charge in [-0.05, 0) is 62.6 Å². The van der Waals surface area contributed by atoms with Gasteiger partial charge in [0.1, 0.15) is 30.0 Å². The van der Waals surface area contributed by atoms with E-state index in [1.54, 1.807) is 57.5 Å². The summed E-state index contributed by atoms with van der Waals surface area (Å²) in [6.07, 6.45) is 2.23. The molecule has 1 fully saturated rings. The number of anilines is 1. The molecule has 4 rings (SSSR count). The van der Waals surface area contributed by atoms with E-state index in [1.165, 1.54) is 6.07 Å². The standard InChI is InChI=1S/C31H34FN3O4/c1-31(37,24-11-13-35(14-12-24)26-10-8-21(17-33)30(16-26)38-3)25-9-7-23(28(32)15-25)20-39-29-6-4-5-22(19-36)27(29)18-34-2/h4-10,15-16,19,24,34,37H,11-14,18,20H2,1-3H3. The molecule has 0 saturated carbocycles. The number of piperidine rings is 1. The lowest BCUT2D eigenvalue weighted by Crippen LogP contribution is -2.42. The van der Waals surface area contributed by atoms with Crippen LogP contribution in [0.5, 0.6) is 11.5 Å². The molecule has 204 valence electrons. The molecule has 1 heterocycles. The molecular formula is C31H34FN3O4. The fourth-order valence-electron chi connectivity index (χ4n) is 5.23. The van der Waals surface area contributed by atoms with Crippen LogP contribution in [0.4, 0.5) is 10.1 Å². The van der Waals surface area contributed by atoms with Gasteiger partial charge in [0.05, 0.1) is 18.3 Å². The molecule has 0 spiro atoms. The molecule has 1 saturated heterocycles. The Morgan fingerprint density at radius 1 is 1.18 bits per heavy atom. The third-order valence-corrected chi connectivity index (χ3v) is 7.63. The van der Waals surface area contributed by atoms with Crippen molar-refractivity contribution in [2.75, 3.05) is 32.1 Å². The van der Waals surface area contributed by atoms with Gasteiger partial charge in [0.25, 0.3) is 0 Å². The van der Waals surface area contributed by atoms with Gasteiger partial charge >= 0.3 is 0 Å². The number of methoxy groups -OCH3 is 1. The van der Waals surface area contributed by atoms with Gasteiger partial charge < -0.3 is 24.8 Å². The smallest absolute Gasteiger partial charge is 0.150 e. The van der Waals surface area contributed by atoms with Crippen molar-refractivity contribution in [3.05, 3.63) is 88.2 Å². The number of aldehydes is 1. The first-order valence-corrected chi connectivity index (χ1v) is 13.0. The maximum absolute atomic E-state index is 15.2. The van der Waals surface area contributed by atoms with E-state index in [4.69, 9.17) is 9.47 Å². The summed E-state index contributed by atoms with van der Waals surface area (Å²) in [4.78, 5) is 13.6. The molecule has 0 bridgehead atoms. The quantitative estimate of drug-likeness (QED) is 0.358. The molecule has 0 aromatic heterocycles. The van der Waals surface area contributed by atoms with E-state index in [0.29, 0.717) is 40.3 Å². The molecule has 0 radical (unpaired) electrons. The van der Waals surface area contributed by atoms with Gasteiger partial charge in [0.15, 0.2) is 6.29 Å². The summed E-state index contributed by atoms with van der Waals surface area (Å²) in [7, 11) is 3.33. The van der Waals surface area contributed by atoms with E-state index in [9.17, 15) is 15.2 Å². The number of carbonyl (C=O) groups is 1. The van der Waals surface area contributed by atoms with Gasteiger partial charge in [-0.3, -0.25) is 4.79 Å². The van der Waals surface area contributed by atoms with E-state index >= 15 is 4.39 Å². The molecule has 1 unspecified atom stereocenters. The Kier molecular flexibility index (Phi) is 8.85. The van der Waals surface area contributed by atoms with Crippen molar-refractivity contribution in [1.29, 1.82) is 5.26 Å². The average molecular weight is 532 g/mol. The number of hydrogen-bond donors (Lipinski definition) is 2. The monoisotopic (exact) mass is 531 g/mol. The third kappa shape index (κ3) is 6.06. The number of rotatable bonds is 10. The lowest BCUT2D eigenvalue weighted by atomic mass is 9.77. The normalized spacial score (nSPS) is 15.3. The fraction of sp³-hybridized carbons (Fsp3) is 0.355. The summed E-state index contributed by atoms with van der Waals surface area (Å²) in [5, 5.41) is 23.7. The molecule has 1 atom stereocenters. The molecule has 7 nitrogen and oxygen atoms in total. The molecule has 3 aromatic rings. The summed E-state index contributed by atoms with van der Waals surface area (Å²) in [5.41, 5.74) is 2.40. The number of nitriles is 1. The molecule has 1 aliphatic heterocycles. The van der Waals surface area contributed by atoms with Crippen molar-refractivity contribution in [3.63, 3.8) is 0 Å². The zero-order chi connectivity index (χ0) is 28.0. The van der Waals surface area contributed by atoms with Crippen LogP contribution in [0.15, 0.2) is 54.6 Å². The molecule has 2 N–H and O–H groups in total. The highest BCUT2D eigenvalue weighted by Crippen LogP contribution is 2.38. The van der Waals surface area contributed by atoms with E-state index < -0.39 is 11.4 Å². The molecule has 1 aliphatic rings. The first-order valence-electron chi connectivity index (χ1n) is 13.0. The number of aliphatic hydroxyl groups is 1. The average Bonchev–Trinajstić information content (AvgIpc) is 2.96. The zero-order valence-electron chi connectivity index (χ0n) is 22.5. The SMILES string of the molecule is CNCc1c(C=O)cccc1OCc1ccc(C(C)(O)C2CCN(c3ccc(C#N)c(OC)c3)CC2)cc1F. The van der Waals surface area contributed by atoms with Crippen molar-refractivity contribution in [3.8, 4) is 17.6 Å². The first kappa shape index (κ1) is 28.1. The summed E-state index contributed by atoms with van der Waals surface area (Å²) in [6, 6.07) is 17.7. The van der Waals surface area contributed by atoms with Crippen LogP contribution in [0.25, 0.3) is 0 Å². The van der Waals surface area contributed by atoms with E-state index in [1.807, 2.05) is 12.1 Å². The Bertz CT molecular complexity index is 1360. The number of ether oxygens (including phenoxy) is 2. The zero-order valence-corrected chi connectivity index (χ0v) is 22.5. The molecule has 39 heavy (non-hydrogen) atoms. The Morgan fingerprint density at radius 3 is 2.59 bits per heavy atom. The summed E-state index contributed by atoms with van der Waals surface area (Å²) in [6.45, 7) is 3.64. The maximum atomic E-state index is 15.2. The molecule has 8 heteroatoms. The minimum Gasteiger partial charge on any atom is -0.495 e. The van der Waals surface area contributed by atoms with Gasteiger partial charge in [-0.1, -0.05) is 24.3 Å². The van der Waals surface area contributed by atoms with Crippen molar-refractivity contribution in [2.24, 2.45) is 5.92 Å². The van der Waals surface area contributed by atoms with Crippen molar-refractivity contribution in [2.45, 2.75) is 38.5 Å². The van der Waals surface area contributed by atoms with Crippen LogP contribution in [-0.4, -0.2) is 38.6 Å². The first-order chi connectivity index (χ1) is 18.8. The van der Waals surface area contributed by atoms with Crippen molar-refractivity contribution >= 4 is 12.0 Å². The van der Waals surface area contributed by atoms with E-state index in [2.05, 4.69) is 16.3 Å². The van der Waals surface area contributed by atoms with Crippen LogP contribution >= 0.6 is 0 Å². The number of benzene rings is 3. The predicted molar refractivity (Wildman–Crippen MR) is 148 cm³/mol. The van der Waals surface area contributed by atoms with Crippen LogP contribution in [-0.2, 0) is 18.8 Å². The second-order valence-electron chi connectivity index (χ2n) is 9.97. The highest BCUT2D eigenvalue weighted by molar-refractivity contribution is 5.78.